The predicted molar refractivity (Wildman–Crippen MR) is 98.8 cm³/mol. The first-order valence-electron chi connectivity index (χ1n) is 8.48. The number of aromatic nitrogens is 5. The number of carboxylic acids is 1. The van der Waals surface area contributed by atoms with Crippen LogP contribution in [-0.4, -0.2) is 49.0 Å². The van der Waals surface area contributed by atoms with E-state index in [0.717, 1.165) is 5.82 Å². The summed E-state index contributed by atoms with van der Waals surface area (Å²) >= 11 is 0. The number of aromatic carboxylic acids is 1. The zero-order valence-corrected chi connectivity index (χ0v) is 15.1. The topological polar surface area (TPSA) is 115 Å². The summed E-state index contributed by atoms with van der Waals surface area (Å²) in [6, 6.07) is 6.71. The van der Waals surface area contributed by atoms with Crippen molar-refractivity contribution in [2.75, 3.05) is 18.5 Å². The van der Waals surface area contributed by atoms with E-state index in [0.29, 0.717) is 42.5 Å². The fraction of sp³-hybridized carbons (Fsp3) is 0.278. The molecule has 9 nitrogen and oxygen atoms in total. The van der Waals surface area contributed by atoms with Gasteiger partial charge in [-0.25, -0.2) is 19.7 Å². The molecular formula is C18H20N6O3. The Labute approximate surface area is 156 Å². The van der Waals surface area contributed by atoms with Crippen molar-refractivity contribution in [2.45, 2.75) is 13.3 Å². The van der Waals surface area contributed by atoms with Crippen molar-refractivity contribution in [3.05, 3.63) is 48.2 Å². The maximum absolute atomic E-state index is 11.5. The highest BCUT2D eigenvalue weighted by atomic mass is 16.5. The zero-order chi connectivity index (χ0) is 19.2. The minimum Gasteiger partial charge on any atom is -0.493 e. The third kappa shape index (κ3) is 4.38. The molecule has 2 N–H and O–H groups in total. The Morgan fingerprint density at radius 1 is 1.30 bits per heavy atom. The van der Waals surface area contributed by atoms with Gasteiger partial charge in [0.1, 0.15) is 23.5 Å². The maximum atomic E-state index is 11.5. The first kappa shape index (κ1) is 18.3. The molecule has 0 aliphatic carbocycles. The van der Waals surface area contributed by atoms with Gasteiger partial charge in [0.2, 0.25) is 5.95 Å². The van der Waals surface area contributed by atoms with Gasteiger partial charge in [-0.1, -0.05) is 0 Å². The van der Waals surface area contributed by atoms with Gasteiger partial charge in [-0.05, 0) is 31.2 Å². The molecule has 2 heterocycles. The standard InChI is InChI=1S/C18H20N6O3/c1-3-27-15-5-4-12(10-13(15)17(25)26)14-6-8-19-18(23-14)20-9-7-16-21-11-22-24(16)2/h4-6,8,10-11H,3,7,9H2,1-2H3,(H,25,26)(H,19,20,23). The summed E-state index contributed by atoms with van der Waals surface area (Å²) in [4.78, 5) is 24.3. The number of carbonyl (C=O) groups is 1. The fourth-order valence-electron chi connectivity index (χ4n) is 2.58. The Kier molecular flexibility index (Phi) is 5.60. The molecule has 0 saturated heterocycles. The number of benzene rings is 1. The summed E-state index contributed by atoms with van der Waals surface area (Å²) in [5.41, 5.74) is 1.40. The highest BCUT2D eigenvalue weighted by Gasteiger charge is 2.14. The van der Waals surface area contributed by atoms with Crippen LogP contribution in [0, 0.1) is 0 Å². The number of hydrogen-bond acceptors (Lipinski definition) is 7. The van der Waals surface area contributed by atoms with Crippen LogP contribution in [0.15, 0.2) is 36.8 Å². The van der Waals surface area contributed by atoms with Crippen LogP contribution in [0.25, 0.3) is 11.3 Å². The van der Waals surface area contributed by atoms with Gasteiger partial charge in [0.05, 0.1) is 12.3 Å². The Morgan fingerprint density at radius 3 is 2.85 bits per heavy atom. The number of ether oxygens (including phenoxy) is 1. The molecule has 9 heteroatoms. The van der Waals surface area contributed by atoms with Crippen molar-refractivity contribution in [1.82, 2.24) is 24.7 Å². The molecule has 140 valence electrons. The van der Waals surface area contributed by atoms with E-state index in [9.17, 15) is 9.90 Å². The van der Waals surface area contributed by atoms with E-state index >= 15 is 0 Å². The van der Waals surface area contributed by atoms with E-state index in [-0.39, 0.29) is 5.56 Å². The smallest absolute Gasteiger partial charge is 0.339 e. The number of nitrogens with zero attached hydrogens (tertiary/aromatic N) is 5. The van der Waals surface area contributed by atoms with Gasteiger partial charge < -0.3 is 15.2 Å². The Bertz CT molecular complexity index is 940. The van der Waals surface area contributed by atoms with Gasteiger partial charge in [0, 0.05) is 31.8 Å². The van der Waals surface area contributed by atoms with Crippen LogP contribution in [0.1, 0.15) is 23.1 Å². The zero-order valence-electron chi connectivity index (χ0n) is 15.1. The number of hydrogen-bond donors (Lipinski definition) is 2. The lowest BCUT2D eigenvalue weighted by atomic mass is 10.1. The van der Waals surface area contributed by atoms with Crippen LogP contribution >= 0.6 is 0 Å². The van der Waals surface area contributed by atoms with Crippen molar-refractivity contribution in [3.63, 3.8) is 0 Å². The van der Waals surface area contributed by atoms with Crippen molar-refractivity contribution in [2.24, 2.45) is 7.05 Å². The third-order valence-electron chi connectivity index (χ3n) is 3.90. The molecule has 3 rings (SSSR count). The van der Waals surface area contributed by atoms with Crippen LogP contribution in [0.4, 0.5) is 5.95 Å². The van der Waals surface area contributed by atoms with Gasteiger partial charge in [-0.15, -0.1) is 0 Å². The minimum absolute atomic E-state index is 0.102. The van der Waals surface area contributed by atoms with E-state index in [1.165, 1.54) is 6.33 Å². The number of rotatable bonds is 8. The number of carboxylic acid groups (broad SMARTS) is 1. The van der Waals surface area contributed by atoms with E-state index in [2.05, 4.69) is 25.4 Å². The van der Waals surface area contributed by atoms with Crippen LogP contribution in [0.5, 0.6) is 5.75 Å². The van der Waals surface area contributed by atoms with Gasteiger partial charge in [-0.2, -0.15) is 5.10 Å². The molecule has 0 unspecified atom stereocenters. The van der Waals surface area contributed by atoms with Crippen LogP contribution in [0.3, 0.4) is 0 Å². The average molecular weight is 368 g/mol. The van der Waals surface area contributed by atoms with Crippen molar-refractivity contribution < 1.29 is 14.6 Å². The van der Waals surface area contributed by atoms with Crippen LogP contribution in [-0.2, 0) is 13.5 Å². The molecule has 0 bridgehead atoms. The van der Waals surface area contributed by atoms with Gasteiger partial charge in [0.15, 0.2) is 0 Å². The Morgan fingerprint density at radius 2 is 2.15 bits per heavy atom. The highest BCUT2D eigenvalue weighted by Crippen LogP contribution is 2.26. The summed E-state index contributed by atoms with van der Waals surface area (Å²) in [7, 11) is 1.84. The van der Waals surface area contributed by atoms with Crippen molar-refractivity contribution >= 4 is 11.9 Å². The normalized spacial score (nSPS) is 10.6. The number of anilines is 1. The second-order valence-corrected chi connectivity index (χ2v) is 5.69. The van der Waals surface area contributed by atoms with E-state index in [1.54, 1.807) is 35.1 Å². The summed E-state index contributed by atoms with van der Waals surface area (Å²) in [6.07, 6.45) is 3.82. The van der Waals surface area contributed by atoms with Crippen molar-refractivity contribution in [1.29, 1.82) is 0 Å². The summed E-state index contributed by atoms with van der Waals surface area (Å²) in [5.74, 6) is 0.609. The molecule has 0 radical (unpaired) electrons. The third-order valence-corrected chi connectivity index (χ3v) is 3.90. The van der Waals surface area contributed by atoms with E-state index in [4.69, 9.17) is 4.74 Å². The lowest BCUT2D eigenvalue weighted by Gasteiger charge is -2.10. The summed E-state index contributed by atoms with van der Waals surface area (Å²) in [5, 5.41) is 16.6. The lowest BCUT2D eigenvalue weighted by Crippen LogP contribution is -2.11. The van der Waals surface area contributed by atoms with E-state index in [1.807, 2.05) is 14.0 Å². The molecule has 0 fully saturated rings. The molecule has 0 amide bonds. The number of nitrogens with one attached hydrogen (secondary N) is 1. The predicted octanol–water partition coefficient (Wildman–Crippen LogP) is 2.02. The fourth-order valence-corrected chi connectivity index (χ4v) is 2.58. The Hall–Kier alpha value is -3.49. The second-order valence-electron chi connectivity index (χ2n) is 5.69. The summed E-state index contributed by atoms with van der Waals surface area (Å²) in [6.45, 7) is 2.80. The Balaban J connectivity index is 1.75. The molecule has 0 spiro atoms. The SMILES string of the molecule is CCOc1ccc(-c2ccnc(NCCc3ncnn3C)n2)cc1C(=O)O. The molecule has 1 aromatic carbocycles. The molecule has 27 heavy (non-hydrogen) atoms. The monoisotopic (exact) mass is 368 g/mol. The molecule has 0 aliphatic rings. The lowest BCUT2D eigenvalue weighted by molar-refractivity contribution is 0.0692. The second kappa shape index (κ2) is 8.26. The molecule has 0 saturated carbocycles. The molecule has 0 aliphatic heterocycles. The number of aryl methyl sites for hydroxylation is 1. The quantitative estimate of drug-likeness (QED) is 0.620. The first-order chi connectivity index (χ1) is 13.1. The maximum Gasteiger partial charge on any atom is 0.339 e. The molecule has 2 aromatic heterocycles. The molecule has 0 atom stereocenters. The minimum atomic E-state index is -1.05. The van der Waals surface area contributed by atoms with Crippen molar-refractivity contribution in [3.8, 4) is 17.0 Å². The molecular weight excluding hydrogens is 348 g/mol. The van der Waals surface area contributed by atoms with Crippen LogP contribution < -0.4 is 10.1 Å². The molecule has 3 aromatic rings. The van der Waals surface area contributed by atoms with Gasteiger partial charge >= 0.3 is 5.97 Å². The van der Waals surface area contributed by atoms with Crippen LogP contribution in [0.2, 0.25) is 0 Å². The van der Waals surface area contributed by atoms with Gasteiger partial charge in [0.25, 0.3) is 0 Å². The average Bonchev–Trinajstić information content (AvgIpc) is 3.07. The van der Waals surface area contributed by atoms with Gasteiger partial charge in [-0.3, -0.25) is 4.68 Å². The highest BCUT2D eigenvalue weighted by molar-refractivity contribution is 5.92. The largest absolute Gasteiger partial charge is 0.493 e. The summed E-state index contributed by atoms with van der Waals surface area (Å²) < 4.78 is 7.09. The first-order valence-corrected chi connectivity index (χ1v) is 8.48. The van der Waals surface area contributed by atoms with E-state index < -0.39 is 5.97 Å².